The standard InChI is InChI=1S/C13H19ClN2O4S/c1-16(9-10-8-15-5-6-20-10)21(17,18)11-3-4-13(19-2)12(14)7-11/h3-4,7,10,15H,5-6,8-9H2,1-2H3. The van der Waals surface area contributed by atoms with Crippen LogP contribution in [0.15, 0.2) is 23.1 Å². The van der Waals surface area contributed by atoms with Gasteiger partial charge < -0.3 is 14.8 Å². The number of benzene rings is 1. The lowest BCUT2D eigenvalue weighted by molar-refractivity contribution is 0.0206. The average molecular weight is 335 g/mol. The van der Waals surface area contributed by atoms with Gasteiger partial charge in [-0.15, -0.1) is 0 Å². The van der Waals surface area contributed by atoms with E-state index in [2.05, 4.69) is 5.32 Å². The fourth-order valence-corrected chi connectivity index (χ4v) is 3.66. The summed E-state index contributed by atoms with van der Waals surface area (Å²) in [5.41, 5.74) is 0. The van der Waals surface area contributed by atoms with Crippen molar-refractivity contribution in [3.8, 4) is 5.75 Å². The molecule has 0 amide bonds. The highest BCUT2D eigenvalue weighted by atomic mass is 35.5. The smallest absolute Gasteiger partial charge is 0.242 e. The minimum absolute atomic E-state index is 0.138. The Balaban J connectivity index is 2.14. The molecule has 1 heterocycles. The number of hydrogen-bond acceptors (Lipinski definition) is 5. The molecule has 1 fully saturated rings. The predicted octanol–water partition coefficient (Wildman–Crippen LogP) is 0.957. The van der Waals surface area contributed by atoms with Crippen molar-refractivity contribution in [3.05, 3.63) is 23.2 Å². The third-order valence-corrected chi connectivity index (χ3v) is 5.41. The van der Waals surface area contributed by atoms with Gasteiger partial charge in [0.25, 0.3) is 0 Å². The van der Waals surface area contributed by atoms with Crippen molar-refractivity contribution in [2.45, 2.75) is 11.0 Å². The van der Waals surface area contributed by atoms with Gasteiger partial charge in [0, 0.05) is 26.7 Å². The normalized spacial score (nSPS) is 19.7. The number of nitrogens with zero attached hydrogens (tertiary/aromatic N) is 1. The van der Waals surface area contributed by atoms with E-state index < -0.39 is 10.0 Å². The molecule has 0 spiro atoms. The molecule has 2 rings (SSSR count). The van der Waals surface area contributed by atoms with Crippen molar-refractivity contribution >= 4 is 21.6 Å². The topological polar surface area (TPSA) is 67.9 Å². The van der Waals surface area contributed by atoms with Crippen LogP contribution in [0.5, 0.6) is 5.75 Å². The van der Waals surface area contributed by atoms with E-state index in [1.807, 2.05) is 0 Å². The lowest BCUT2D eigenvalue weighted by Crippen LogP contribution is -2.45. The number of nitrogens with one attached hydrogen (secondary N) is 1. The molecule has 21 heavy (non-hydrogen) atoms. The first-order valence-corrected chi connectivity index (χ1v) is 8.39. The molecule has 0 aliphatic carbocycles. The zero-order valence-corrected chi connectivity index (χ0v) is 13.6. The van der Waals surface area contributed by atoms with Gasteiger partial charge >= 0.3 is 0 Å². The third-order valence-electron chi connectivity index (χ3n) is 3.30. The summed E-state index contributed by atoms with van der Waals surface area (Å²) in [6.07, 6.45) is -0.146. The number of ether oxygens (including phenoxy) is 2. The van der Waals surface area contributed by atoms with Crippen LogP contribution >= 0.6 is 11.6 Å². The fourth-order valence-electron chi connectivity index (χ4n) is 2.11. The van der Waals surface area contributed by atoms with Crippen molar-refractivity contribution in [2.75, 3.05) is 40.4 Å². The van der Waals surface area contributed by atoms with Crippen LogP contribution in [0.3, 0.4) is 0 Å². The summed E-state index contributed by atoms with van der Waals surface area (Å²) in [6.45, 7) is 2.32. The molecule has 0 aromatic heterocycles. The Morgan fingerprint density at radius 1 is 1.52 bits per heavy atom. The first-order chi connectivity index (χ1) is 9.95. The Hall–Kier alpha value is -0.860. The highest BCUT2D eigenvalue weighted by Gasteiger charge is 2.25. The van der Waals surface area contributed by atoms with Gasteiger partial charge in [-0.25, -0.2) is 8.42 Å². The quantitative estimate of drug-likeness (QED) is 0.868. The Morgan fingerprint density at radius 3 is 2.86 bits per heavy atom. The van der Waals surface area contributed by atoms with E-state index in [1.54, 1.807) is 6.07 Å². The Bertz CT molecular complexity index is 588. The van der Waals surface area contributed by atoms with Gasteiger partial charge in [0.05, 0.1) is 29.7 Å². The van der Waals surface area contributed by atoms with Crippen molar-refractivity contribution < 1.29 is 17.9 Å². The number of morpholine rings is 1. The molecule has 0 saturated carbocycles. The maximum absolute atomic E-state index is 12.5. The van der Waals surface area contributed by atoms with Crippen molar-refractivity contribution in [1.82, 2.24) is 9.62 Å². The molecule has 1 saturated heterocycles. The van der Waals surface area contributed by atoms with Crippen LogP contribution in [-0.2, 0) is 14.8 Å². The summed E-state index contributed by atoms with van der Waals surface area (Å²) >= 11 is 5.99. The second-order valence-electron chi connectivity index (χ2n) is 4.78. The summed E-state index contributed by atoms with van der Waals surface area (Å²) in [5.74, 6) is 0.443. The molecule has 0 bridgehead atoms. The SMILES string of the molecule is COc1ccc(S(=O)(=O)N(C)CC2CNCCO2)cc1Cl. The van der Waals surface area contributed by atoms with Crippen LogP contribution in [0, 0.1) is 0 Å². The number of rotatable bonds is 5. The van der Waals surface area contributed by atoms with Crippen LogP contribution in [0.25, 0.3) is 0 Å². The van der Waals surface area contributed by atoms with Gasteiger partial charge in [0.1, 0.15) is 5.75 Å². The predicted molar refractivity (Wildman–Crippen MR) is 80.4 cm³/mol. The minimum Gasteiger partial charge on any atom is -0.495 e. The van der Waals surface area contributed by atoms with E-state index >= 15 is 0 Å². The van der Waals surface area contributed by atoms with Gasteiger partial charge in [-0.2, -0.15) is 4.31 Å². The van der Waals surface area contributed by atoms with Crippen LogP contribution < -0.4 is 10.1 Å². The number of sulfonamides is 1. The second kappa shape index (κ2) is 6.93. The number of halogens is 1. The van der Waals surface area contributed by atoms with Crippen molar-refractivity contribution in [1.29, 1.82) is 0 Å². The largest absolute Gasteiger partial charge is 0.495 e. The van der Waals surface area contributed by atoms with Gasteiger partial charge in [0.15, 0.2) is 0 Å². The van der Waals surface area contributed by atoms with Crippen LogP contribution in [0.2, 0.25) is 5.02 Å². The molecule has 8 heteroatoms. The summed E-state index contributed by atoms with van der Waals surface area (Å²) in [5, 5.41) is 3.44. The molecule has 0 radical (unpaired) electrons. The number of methoxy groups -OCH3 is 1. The van der Waals surface area contributed by atoms with Gasteiger partial charge in [-0.05, 0) is 18.2 Å². The van der Waals surface area contributed by atoms with Crippen LogP contribution in [0.1, 0.15) is 0 Å². The van der Waals surface area contributed by atoms with E-state index in [1.165, 1.54) is 30.6 Å². The summed E-state index contributed by atoms with van der Waals surface area (Å²) in [4.78, 5) is 0.138. The van der Waals surface area contributed by atoms with Gasteiger partial charge in [-0.3, -0.25) is 0 Å². The molecule has 118 valence electrons. The van der Waals surface area contributed by atoms with Gasteiger partial charge in [0.2, 0.25) is 10.0 Å². The van der Waals surface area contributed by atoms with Gasteiger partial charge in [-0.1, -0.05) is 11.6 Å². The molecular weight excluding hydrogens is 316 g/mol. The second-order valence-corrected chi connectivity index (χ2v) is 7.23. The molecule has 1 aliphatic rings. The van der Waals surface area contributed by atoms with E-state index in [4.69, 9.17) is 21.1 Å². The van der Waals surface area contributed by atoms with Crippen LogP contribution in [0.4, 0.5) is 0 Å². The molecule has 1 atom stereocenters. The molecule has 1 aromatic carbocycles. The van der Waals surface area contributed by atoms with Crippen molar-refractivity contribution in [3.63, 3.8) is 0 Å². The van der Waals surface area contributed by atoms with E-state index in [0.29, 0.717) is 25.4 Å². The first-order valence-electron chi connectivity index (χ1n) is 6.57. The molecule has 1 aliphatic heterocycles. The Labute approximate surface area is 130 Å². The Kier molecular flexibility index (Phi) is 5.45. The lowest BCUT2D eigenvalue weighted by atomic mass is 10.3. The van der Waals surface area contributed by atoms with Crippen LogP contribution in [-0.4, -0.2) is 59.2 Å². The van der Waals surface area contributed by atoms with E-state index in [-0.39, 0.29) is 16.0 Å². The zero-order chi connectivity index (χ0) is 15.5. The lowest BCUT2D eigenvalue weighted by Gasteiger charge is -2.27. The maximum Gasteiger partial charge on any atom is 0.242 e. The first kappa shape index (κ1) is 16.5. The average Bonchev–Trinajstić information content (AvgIpc) is 2.48. The summed E-state index contributed by atoms with van der Waals surface area (Å²) in [6, 6.07) is 4.42. The monoisotopic (exact) mass is 334 g/mol. The Morgan fingerprint density at radius 2 is 2.29 bits per heavy atom. The molecule has 1 unspecified atom stereocenters. The van der Waals surface area contributed by atoms with E-state index in [9.17, 15) is 8.42 Å². The number of hydrogen-bond donors (Lipinski definition) is 1. The summed E-state index contributed by atoms with van der Waals surface area (Å²) < 4.78 is 36.8. The highest BCUT2D eigenvalue weighted by molar-refractivity contribution is 7.89. The number of likely N-dealkylation sites (N-methyl/N-ethyl adjacent to an activating group) is 1. The molecule has 1 aromatic rings. The molecular formula is C13H19ClN2O4S. The minimum atomic E-state index is -3.60. The zero-order valence-electron chi connectivity index (χ0n) is 12.0. The summed E-state index contributed by atoms with van der Waals surface area (Å²) in [7, 11) is -0.586. The van der Waals surface area contributed by atoms with E-state index in [0.717, 1.165) is 6.54 Å². The highest BCUT2D eigenvalue weighted by Crippen LogP contribution is 2.28. The maximum atomic E-state index is 12.5. The molecule has 1 N–H and O–H groups in total. The molecule has 6 nitrogen and oxygen atoms in total. The fraction of sp³-hybridized carbons (Fsp3) is 0.538. The third kappa shape index (κ3) is 3.87. The van der Waals surface area contributed by atoms with Crippen molar-refractivity contribution in [2.24, 2.45) is 0 Å².